The molecular formula is C41H41ClN6O7. The lowest BCUT2D eigenvalue weighted by atomic mass is 9.49. The van der Waals surface area contributed by atoms with Crippen LogP contribution in [0.1, 0.15) is 98.7 Å². The van der Waals surface area contributed by atoms with Crippen molar-refractivity contribution in [3.8, 4) is 11.8 Å². The number of aliphatic hydroxyl groups is 1. The average molecular weight is 765 g/mol. The van der Waals surface area contributed by atoms with Crippen LogP contribution in [0.3, 0.4) is 0 Å². The Morgan fingerprint density at radius 1 is 0.909 bits per heavy atom. The molecule has 5 amide bonds. The number of carbonyl (C=O) groups excluding carboxylic acids is 5. The lowest BCUT2D eigenvalue weighted by molar-refractivity contribution is -0.164. The molecule has 2 atom stereocenters. The molecule has 14 heteroatoms. The largest absolute Gasteiger partial charge is 0.489 e. The second-order valence-corrected chi connectivity index (χ2v) is 16.8. The van der Waals surface area contributed by atoms with Gasteiger partial charge in [-0.15, -0.1) is 0 Å². The average Bonchev–Trinajstić information content (AvgIpc) is 3.64. The molecule has 3 aromatic carbocycles. The fraction of sp³-hybridized carbons (Fsp3) is 0.415. The van der Waals surface area contributed by atoms with E-state index in [0.717, 1.165) is 16.0 Å². The van der Waals surface area contributed by atoms with Crippen LogP contribution < -0.4 is 15.4 Å². The molecule has 0 radical (unpaired) electrons. The second-order valence-electron chi connectivity index (χ2n) is 16.4. The third kappa shape index (κ3) is 6.03. The van der Waals surface area contributed by atoms with E-state index in [4.69, 9.17) is 16.3 Å². The molecule has 2 saturated heterocycles. The van der Waals surface area contributed by atoms with Crippen molar-refractivity contribution >= 4 is 41.1 Å². The van der Waals surface area contributed by atoms with E-state index in [1.54, 1.807) is 59.5 Å². The maximum absolute atomic E-state index is 13.4. The zero-order valence-electron chi connectivity index (χ0n) is 30.9. The van der Waals surface area contributed by atoms with Gasteiger partial charge in [0, 0.05) is 66.3 Å². The van der Waals surface area contributed by atoms with Crippen molar-refractivity contribution in [1.29, 1.82) is 5.26 Å². The number of fused-ring (bicyclic) bond motifs is 2. The number of ether oxygens (including phenoxy) is 1. The highest BCUT2D eigenvalue weighted by molar-refractivity contribution is 6.31. The summed E-state index contributed by atoms with van der Waals surface area (Å²) in [5, 5.41) is 24.8. The summed E-state index contributed by atoms with van der Waals surface area (Å²) in [4.78, 5) is 70.9. The number of nitriles is 1. The van der Waals surface area contributed by atoms with E-state index in [0.29, 0.717) is 53.6 Å². The van der Waals surface area contributed by atoms with Crippen LogP contribution in [0.15, 0.2) is 54.6 Å². The van der Waals surface area contributed by atoms with Gasteiger partial charge in [-0.3, -0.25) is 33.8 Å². The first-order chi connectivity index (χ1) is 26.1. The van der Waals surface area contributed by atoms with Gasteiger partial charge in [0.2, 0.25) is 5.91 Å². The lowest BCUT2D eigenvalue weighted by Crippen LogP contribution is -2.74. The van der Waals surface area contributed by atoms with Crippen LogP contribution in [0, 0.1) is 22.2 Å². The summed E-state index contributed by atoms with van der Waals surface area (Å²) in [5.74, 6) is -1.35. The Morgan fingerprint density at radius 3 is 2.07 bits per heavy atom. The molecular weight excluding hydrogens is 724 g/mol. The highest BCUT2D eigenvalue weighted by Crippen LogP contribution is 2.55. The first kappa shape index (κ1) is 36.7. The molecule has 5 aliphatic rings. The van der Waals surface area contributed by atoms with E-state index in [1.807, 2.05) is 33.8 Å². The smallest absolute Gasteiger partial charge is 0.262 e. The van der Waals surface area contributed by atoms with Crippen LogP contribution >= 0.6 is 11.6 Å². The molecule has 0 bridgehead atoms. The second kappa shape index (κ2) is 13.2. The standard InChI is InChI=1S/C41H41ClN6O7/c1-40(2)38(41(3,4)39(40)55-27-10-9-23(16-43)30(42)15-27)45-33(50)21-5-7-22(8-6-21)35(52)47-19-26(20-47)46-17-24-13-28-29(14-25(24)18-46)37(54)48(36(28)53)31-11-12-32(49)44-34(31)51/h5-10,13-15,26,31-32,38-39,49H,11-12,17-20H2,1-4H3,(H,44,51)(H,45,50)/t31?,32?,38-,39-. The summed E-state index contributed by atoms with van der Waals surface area (Å²) < 4.78 is 6.33. The molecule has 13 nitrogen and oxygen atoms in total. The topological polar surface area (TPSA) is 172 Å². The normalized spacial score (nSPS) is 25.3. The molecule has 8 rings (SSSR count). The number of hydrogen-bond donors (Lipinski definition) is 3. The molecule has 0 spiro atoms. The minimum Gasteiger partial charge on any atom is -0.489 e. The minimum absolute atomic E-state index is 0.104. The number of amides is 5. The van der Waals surface area contributed by atoms with Crippen molar-refractivity contribution < 1.29 is 33.8 Å². The van der Waals surface area contributed by atoms with Gasteiger partial charge in [0.05, 0.1) is 21.7 Å². The van der Waals surface area contributed by atoms with E-state index in [1.165, 1.54) is 0 Å². The molecule has 1 saturated carbocycles. The number of piperidine rings is 1. The van der Waals surface area contributed by atoms with Gasteiger partial charge in [0.1, 0.15) is 30.2 Å². The van der Waals surface area contributed by atoms with Crippen LogP contribution in [-0.4, -0.2) is 92.9 Å². The molecule has 4 aliphatic heterocycles. The van der Waals surface area contributed by atoms with Gasteiger partial charge >= 0.3 is 0 Å². The summed E-state index contributed by atoms with van der Waals surface area (Å²) in [6.07, 6.45) is -0.755. The number of carbonyl (C=O) groups is 5. The van der Waals surface area contributed by atoms with Gasteiger partial charge in [-0.05, 0) is 72.5 Å². The van der Waals surface area contributed by atoms with Crippen molar-refractivity contribution in [3.63, 3.8) is 0 Å². The first-order valence-electron chi connectivity index (χ1n) is 18.4. The number of rotatable bonds is 7. The van der Waals surface area contributed by atoms with Crippen LogP contribution in [0.5, 0.6) is 5.75 Å². The van der Waals surface area contributed by atoms with Gasteiger partial charge in [0.25, 0.3) is 23.6 Å². The van der Waals surface area contributed by atoms with Gasteiger partial charge in [-0.2, -0.15) is 5.26 Å². The molecule has 4 heterocycles. The first-order valence-corrected chi connectivity index (χ1v) is 18.8. The summed E-state index contributed by atoms with van der Waals surface area (Å²) in [6.45, 7) is 10.3. The predicted molar refractivity (Wildman–Crippen MR) is 199 cm³/mol. The Hall–Kier alpha value is -5.29. The highest BCUT2D eigenvalue weighted by Gasteiger charge is 2.64. The molecule has 0 aromatic heterocycles. The predicted octanol–water partition coefficient (Wildman–Crippen LogP) is 3.86. The molecule has 3 aromatic rings. The summed E-state index contributed by atoms with van der Waals surface area (Å²) in [6, 6.07) is 16.2. The minimum atomic E-state index is -0.982. The van der Waals surface area contributed by atoms with E-state index >= 15 is 0 Å². The Kier molecular flexibility index (Phi) is 8.79. The number of aliphatic hydroxyl groups excluding tert-OH is 1. The Bertz CT molecular complexity index is 2150. The third-order valence-corrected chi connectivity index (χ3v) is 12.4. The monoisotopic (exact) mass is 764 g/mol. The maximum atomic E-state index is 13.4. The zero-order chi connectivity index (χ0) is 39.1. The number of hydrogen-bond acceptors (Lipinski definition) is 9. The summed E-state index contributed by atoms with van der Waals surface area (Å²) in [5.41, 5.74) is 2.91. The van der Waals surface area contributed by atoms with Gasteiger partial charge in [-0.25, -0.2) is 0 Å². The molecule has 1 aliphatic carbocycles. The molecule has 2 unspecified atom stereocenters. The fourth-order valence-corrected chi connectivity index (χ4v) is 9.57. The Morgan fingerprint density at radius 2 is 1.51 bits per heavy atom. The van der Waals surface area contributed by atoms with Gasteiger partial charge < -0.3 is 25.4 Å². The van der Waals surface area contributed by atoms with E-state index in [9.17, 15) is 34.3 Å². The van der Waals surface area contributed by atoms with Crippen molar-refractivity contribution in [2.45, 2.75) is 84.1 Å². The third-order valence-electron chi connectivity index (χ3n) is 12.1. The van der Waals surface area contributed by atoms with Gasteiger partial charge in [0.15, 0.2) is 0 Å². The van der Waals surface area contributed by atoms with Crippen molar-refractivity contribution in [2.75, 3.05) is 13.1 Å². The molecule has 284 valence electrons. The fourth-order valence-electron chi connectivity index (χ4n) is 9.36. The maximum Gasteiger partial charge on any atom is 0.262 e. The van der Waals surface area contributed by atoms with Crippen LogP contribution in [0.25, 0.3) is 0 Å². The summed E-state index contributed by atoms with van der Waals surface area (Å²) >= 11 is 6.22. The van der Waals surface area contributed by atoms with Crippen molar-refractivity contribution in [2.24, 2.45) is 10.8 Å². The number of nitrogens with zero attached hydrogens (tertiary/aromatic N) is 4. The van der Waals surface area contributed by atoms with Crippen LogP contribution in [-0.2, 0) is 17.9 Å². The number of likely N-dealkylation sites (tertiary alicyclic amines) is 1. The van der Waals surface area contributed by atoms with Crippen LogP contribution in [0.2, 0.25) is 5.02 Å². The number of benzene rings is 3. The van der Waals surface area contributed by atoms with E-state index in [-0.39, 0.29) is 54.0 Å². The summed E-state index contributed by atoms with van der Waals surface area (Å²) in [7, 11) is 0. The lowest BCUT2D eigenvalue weighted by Gasteiger charge is -2.63. The van der Waals surface area contributed by atoms with Crippen molar-refractivity contribution in [3.05, 3.63) is 98.6 Å². The Labute approximate surface area is 323 Å². The Balaban J connectivity index is 0.845. The molecule has 3 N–H and O–H groups in total. The number of nitrogens with one attached hydrogen (secondary N) is 2. The van der Waals surface area contributed by atoms with Crippen LogP contribution in [0.4, 0.5) is 0 Å². The molecule has 55 heavy (non-hydrogen) atoms. The van der Waals surface area contributed by atoms with E-state index < -0.39 is 40.8 Å². The van der Waals surface area contributed by atoms with E-state index in [2.05, 4.69) is 15.5 Å². The molecule has 3 fully saturated rings. The zero-order valence-corrected chi connectivity index (χ0v) is 31.6. The van der Waals surface area contributed by atoms with Crippen molar-refractivity contribution in [1.82, 2.24) is 25.3 Å². The number of imide groups is 1. The van der Waals surface area contributed by atoms with Gasteiger partial charge in [-0.1, -0.05) is 39.3 Å². The number of halogens is 1. The highest BCUT2D eigenvalue weighted by atomic mass is 35.5. The quantitative estimate of drug-likeness (QED) is 0.302. The SMILES string of the molecule is CC1(C)[C@H](NC(=O)c2ccc(C(=O)N3CC(N4Cc5cc6c(cc5C4)C(=O)N(C4CCC(O)NC4=O)C6=O)C3)cc2)C(C)(C)[C@H]1Oc1ccc(C#N)c(Cl)c1.